The third kappa shape index (κ3) is 13.6. The molecular weight excluding hydrogens is 897 g/mol. The summed E-state index contributed by atoms with van der Waals surface area (Å²) in [4.78, 5) is 113. The first kappa shape index (κ1) is 54.3. The normalized spacial score (nSPS) is 20.6. The van der Waals surface area contributed by atoms with Gasteiger partial charge in [-0.05, 0) is 77.1 Å². The van der Waals surface area contributed by atoms with Crippen molar-refractivity contribution >= 4 is 47.3 Å². The summed E-state index contributed by atoms with van der Waals surface area (Å²) in [6.45, 7) is 15.9. The van der Waals surface area contributed by atoms with Crippen molar-refractivity contribution in [1.82, 2.24) is 62.5 Å². The second-order valence-electron chi connectivity index (χ2n) is 19.8. The molecule has 3 aromatic rings. The second kappa shape index (κ2) is 23.8. The molecule has 1 aromatic heterocycles. The molecule has 2 fully saturated rings. The molecule has 20 nitrogen and oxygen atoms in total. The average molecular weight is 969 g/mol. The van der Waals surface area contributed by atoms with Crippen molar-refractivity contribution in [2.45, 2.75) is 136 Å². The van der Waals surface area contributed by atoms with E-state index in [0.717, 1.165) is 11.1 Å². The minimum absolute atomic E-state index is 0.0507. The molecule has 2 saturated heterocycles. The summed E-state index contributed by atoms with van der Waals surface area (Å²) in [5.41, 5.74) is 0.741. The zero-order valence-electron chi connectivity index (χ0n) is 42.1. The molecular formula is C50H72N12O8. The van der Waals surface area contributed by atoms with Crippen LogP contribution in [-0.2, 0) is 28.8 Å². The molecule has 10 atom stereocenters. The molecule has 70 heavy (non-hydrogen) atoms. The molecule has 0 spiro atoms. The van der Waals surface area contributed by atoms with Gasteiger partial charge in [-0.15, -0.1) is 0 Å². The van der Waals surface area contributed by atoms with Crippen molar-refractivity contribution in [3.63, 3.8) is 0 Å². The number of likely N-dealkylation sites (tertiary alicyclic amines) is 2. The van der Waals surface area contributed by atoms with Crippen LogP contribution < -0.4 is 42.5 Å². The van der Waals surface area contributed by atoms with E-state index in [1.54, 1.807) is 41.8 Å². The topological polar surface area (TPSA) is 268 Å². The number of aromatic nitrogens is 2. The monoisotopic (exact) mass is 969 g/mol. The Balaban J connectivity index is 1.32. The van der Waals surface area contributed by atoms with Crippen LogP contribution in [-0.4, -0.2) is 143 Å². The lowest BCUT2D eigenvalue weighted by Gasteiger charge is -2.36. The van der Waals surface area contributed by atoms with Gasteiger partial charge in [0.1, 0.15) is 29.9 Å². The molecule has 8 amide bonds. The van der Waals surface area contributed by atoms with Gasteiger partial charge < -0.3 is 52.3 Å². The Labute approximate surface area is 410 Å². The van der Waals surface area contributed by atoms with E-state index in [-0.39, 0.29) is 49.1 Å². The van der Waals surface area contributed by atoms with E-state index in [1.165, 1.54) is 15.9 Å². The van der Waals surface area contributed by atoms with Crippen LogP contribution in [0.4, 0.5) is 0 Å². The van der Waals surface area contributed by atoms with Gasteiger partial charge in [-0.1, -0.05) is 95.3 Å². The second-order valence-corrected chi connectivity index (χ2v) is 19.8. The van der Waals surface area contributed by atoms with Crippen LogP contribution in [0.25, 0.3) is 0 Å². The highest BCUT2D eigenvalue weighted by molar-refractivity contribution is 5.99. The van der Waals surface area contributed by atoms with Crippen molar-refractivity contribution in [3.05, 3.63) is 89.2 Å². The van der Waals surface area contributed by atoms with Crippen molar-refractivity contribution in [3.8, 4) is 0 Å². The van der Waals surface area contributed by atoms with Crippen molar-refractivity contribution in [2.24, 2.45) is 11.3 Å². The van der Waals surface area contributed by atoms with E-state index < -0.39 is 107 Å². The van der Waals surface area contributed by atoms with Crippen LogP contribution in [0.1, 0.15) is 119 Å². The molecule has 0 radical (unpaired) electrons. The number of likely N-dealkylation sites (N-methyl/N-ethyl adjacent to an activating group) is 2. The fraction of sp³-hybridized carbons (Fsp3) is 0.540. The average Bonchev–Trinajstić information content (AvgIpc) is 4.11. The molecule has 2 aliphatic rings. The summed E-state index contributed by atoms with van der Waals surface area (Å²) in [6.07, 6.45) is 0.105. The Kier molecular flexibility index (Phi) is 18.4. The Morgan fingerprint density at radius 3 is 1.50 bits per heavy atom. The summed E-state index contributed by atoms with van der Waals surface area (Å²) < 4.78 is 0. The van der Waals surface area contributed by atoms with Crippen LogP contribution in [0.5, 0.6) is 0 Å². The first-order valence-corrected chi connectivity index (χ1v) is 24.0. The zero-order valence-corrected chi connectivity index (χ0v) is 42.1. The van der Waals surface area contributed by atoms with E-state index in [2.05, 4.69) is 52.7 Å². The molecule has 0 saturated carbocycles. The van der Waals surface area contributed by atoms with Gasteiger partial charge in [-0.2, -0.15) is 5.10 Å². The quantitative estimate of drug-likeness (QED) is 0.0830. The third-order valence-corrected chi connectivity index (χ3v) is 13.1. The van der Waals surface area contributed by atoms with Crippen molar-refractivity contribution < 1.29 is 38.4 Å². The standard InChI is InChI=1S/C50H72N12O8/c1-27(2)40(57-42(63)30(5)51-10)48(69)61-25-34(22-38(61)46(67)53-28(3)32-18-14-12-15-19-32)55-44(65)36-24-37(60-59-36)45(66)56-35-23-39(47(68)54-29(4)33-20-16-13-17-21-33)62(26-35)49(70)41(50(7,8)9)58-43(64)31(6)52-11/h12-21,24,27-31,34-35,38-41,51-52H,22-23,25-26H2,1-11H3,(H,53,67)(H,54,68)(H,55,65)(H,56,66)(H,57,63)(H,58,64)(H,59,60)/t28-,29-,30-,31-,34+,35+,38?,39+,40-,41+/m1/s1. The van der Waals surface area contributed by atoms with Crippen LogP contribution in [0, 0.1) is 11.3 Å². The van der Waals surface area contributed by atoms with Crippen LogP contribution in [0.15, 0.2) is 66.7 Å². The molecule has 3 heterocycles. The van der Waals surface area contributed by atoms with Gasteiger partial charge in [0.25, 0.3) is 11.8 Å². The predicted molar refractivity (Wildman–Crippen MR) is 263 cm³/mol. The summed E-state index contributed by atoms with van der Waals surface area (Å²) in [7, 11) is 3.26. The lowest BCUT2D eigenvalue weighted by molar-refractivity contribution is -0.144. The Morgan fingerprint density at radius 2 is 1.06 bits per heavy atom. The highest BCUT2D eigenvalue weighted by Crippen LogP contribution is 2.28. The van der Waals surface area contributed by atoms with Crippen LogP contribution in [0.2, 0.25) is 0 Å². The third-order valence-electron chi connectivity index (χ3n) is 13.1. The maximum absolute atomic E-state index is 14.5. The molecule has 9 N–H and O–H groups in total. The van der Waals surface area contributed by atoms with E-state index in [1.807, 2.05) is 95.3 Å². The summed E-state index contributed by atoms with van der Waals surface area (Å²) in [5, 5.41) is 29.9. The number of nitrogens with zero attached hydrogens (tertiary/aromatic N) is 3. The number of carbonyl (C=O) groups excluding carboxylic acids is 8. The smallest absolute Gasteiger partial charge is 0.272 e. The first-order valence-electron chi connectivity index (χ1n) is 24.0. The SMILES string of the molecule is CN[C@H](C)C(=O)N[C@@H](C(=O)N1C[C@@H](NC(=O)c2cc(C(=O)N[C@H]3C[C@@H](C(=O)N[C@H](C)c4ccccc4)N(C(=O)[C@H](NC(=O)[C@@H](C)NC)C(C)(C)C)C3)[nH]n2)CC1C(=O)N[C@H](C)c1ccccc1)C(C)C. The number of rotatable bonds is 19. The number of nitrogens with one attached hydrogen (secondary N) is 9. The van der Waals surface area contributed by atoms with Gasteiger partial charge in [-0.25, -0.2) is 0 Å². The van der Waals surface area contributed by atoms with Gasteiger partial charge in [0.05, 0.1) is 24.2 Å². The van der Waals surface area contributed by atoms with Crippen molar-refractivity contribution in [2.75, 3.05) is 27.2 Å². The zero-order chi connectivity index (χ0) is 51.6. The van der Waals surface area contributed by atoms with E-state index in [0.29, 0.717) is 0 Å². The lowest BCUT2D eigenvalue weighted by atomic mass is 9.85. The summed E-state index contributed by atoms with van der Waals surface area (Å²) in [6, 6.07) is 12.5. The van der Waals surface area contributed by atoms with E-state index in [4.69, 9.17) is 0 Å². The molecule has 0 bridgehead atoms. The molecule has 380 valence electrons. The molecule has 2 aliphatic heterocycles. The number of aromatic amines is 1. The van der Waals surface area contributed by atoms with Gasteiger partial charge in [0.15, 0.2) is 5.69 Å². The molecule has 0 aliphatic carbocycles. The van der Waals surface area contributed by atoms with Crippen LogP contribution >= 0.6 is 0 Å². The molecule has 5 rings (SSSR count). The first-order chi connectivity index (χ1) is 33.0. The number of hydrogen-bond donors (Lipinski definition) is 9. The fourth-order valence-electron chi connectivity index (χ4n) is 8.53. The lowest BCUT2D eigenvalue weighted by Crippen LogP contribution is -2.59. The maximum atomic E-state index is 14.5. The minimum Gasteiger partial charge on any atom is -0.348 e. The number of H-pyrrole nitrogens is 1. The predicted octanol–water partition coefficient (Wildman–Crippen LogP) is 1.45. The Morgan fingerprint density at radius 1 is 0.614 bits per heavy atom. The number of carbonyl (C=O) groups is 8. The maximum Gasteiger partial charge on any atom is 0.272 e. The molecule has 2 aromatic carbocycles. The fourth-order valence-corrected chi connectivity index (χ4v) is 8.53. The largest absolute Gasteiger partial charge is 0.348 e. The number of hydrogen-bond acceptors (Lipinski definition) is 11. The highest BCUT2D eigenvalue weighted by Gasteiger charge is 2.47. The Bertz CT molecular complexity index is 2340. The van der Waals surface area contributed by atoms with Crippen molar-refractivity contribution in [1.29, 1.82) is 0 Å². The van der Waals surface area contributed by atoms with Gasteiger partial charge in [-0.3, -0.25) is 43.5 Å². The van der Waals surface area contributed by atoms with Gasteiger partial charge >= 0.3 is 0 Å². The van der Waals surface area contributed by atoms with Gasteiger partial charge in [0.2, 0.25) is 35.4 Å². The summed E-state index contributed by atoms with van der Waals surface area (Å²) >= 11 is 0. The number of amides is 8. The Hall–Kier alpha value is -6.67. The highest BCUT2D eigenvalue weighted by atomic mass is 16.2. The van der Waals surface area contributed by atoms with E-state index in [9.17, 15) is 38.4 Å². The minimum atomic E-state index is -1.02. The molecule has 1 unspecified atom stereocenters. The van der Waals surface area contributed by atoms with Crippen LogP contribution in [0.3, 0.4) is 0 Å². The van der Waals surface area contributed by atoms with E-state index >= 15 is 0 Å². The number of benzene rings is 2. The summed E-state index contributed by atoms with van der Waals surface area (Å²) in [5.74, 6) is -4.27. The molecule has 20 heteroatoms. The van der Waals surface area contributed by atoms with Gasteiger partial charge in [0, 0.05) is 31.2 Å².